The first-order valence-electron chi connectivity index (χ1n) is 5.22. The van der Waals surface area contributed by atoms with E-state index in [-0.39, 0.29) is 10.9 Å². The summed E-state index contributed by atoms with van der Waals surface area (Å²) >= 11 is 13.1. The van der Waals surface area contributed by atoms with E-state index >= 15 is 0 Å². The van der Waals surface area contributed by atoms with Gasteiger partial charge in [-0.1, -0.05) is 27.5 Å². The largest absolute Gasteiger partial charge is 0.322 e. The Morgan fingerprint density at radius 2 is 2.00 bits per heavy atom. The first kappa shape index (κ1) is 14.4. The van der Waals surface area contributed by atoms with Crippen molar-refractivity contribution in [1.82, 2.24) is 0 Å². The van der Waals surface area contributed by atoms with Crippen molar-refractivity contribution in [3.8, 4) is 0 Å². The Morgan fingerprint density at radius 1 is 1.26 bits per heavy atom. The molecule has 0 fully saturated rings. The number of halogens is 3. The lowest BCUT2D eigenvalue weighted by atomic mass is 10.2. The molecule has 1 amide bonds. The number of anilines is 1. The number of hydrogen-bond donors (Lipinski definition) is 2. The molecule has 2 rings (SSSR count). The fourth-order valence-corrected chi connectivity index (χ4v) is 2.44. The molecule has 0 aromatic heterocycles. The SMILES string of the molecule is O=C(Nc1ccc(Cl)c(F)c1)c1ccc(Br)cc1S. The van der Waals surface area contributed by atoms with E-state index in [1.807, 2.05) is 0 Å². The van der Waals surface area contributed by atoms with Crippen LogP contribution in [-0.4, -0.2) is 5.91 Å². The van der Waals surface area contributed by atoms with Crippen LogP contribution in [0.3, 0.4) is 0 Å². The van der Waals surface area contributed by atoms with E-state index in [0.717, 1.165) is 10.5 Å². The summed E-state index contributed by atoms with van der Waals surface area (Å²) in [5.74, 6) is -0.944. The van der Waals surface area contributed by atoms with E-state index in [1.165, 1.54) is 12.1 Å². The summed E-state index contributed by atoms with van der Waals surface area (Å²) in [7, 11) is 0. The zero-order valence-corrected chi connectivity index (χ0v) is 12.7. The van der Waals surface area contributed by atoms with Crippen LogP contribution in [0.1, 0.15) is 10.4 Å². The third-order valence-corrected chi connectivity index (χ3v) is 3.55. The highest BCUT2D eigenvalue weighted by molar-refractivity contribution is 9.10. The quantitative estimate of drug-likeness (QED) is 0.741. The smallest absolute Gasteiger partial charge is 0.256 e. The molecule has 0 saturated carbocycles. The maximum absolute atomic E-state index is 13.3. The molecule has 0 atom stereocenters. The van der Waals surface area contributed by atoms with Crippen molar-refractivity contribution in [2.45, 2.75) is 4.90 Å². The van der Waals surface area contributed by atoms with E-state index in [1.54, 1.807) is 18.2 Å². The summed E-state index contributed by atoms with van der Waals surface area (Å²) in [6, 6.07) is 9.15. The molecule has 19 heavy (non-hydrogen) atoms. The molecule has 0 bridgehead atoms. The number of thiol groups is 1. The van der Waals surface area contributed by atoms with E-state index in [4.69, 9.17) is 11.6 Å². The Kier molecular flexibility index (Phi) is 4.50. The maximum Gasteiger partial charge on any atom is 0.256 e. The zero-order chi connectivity index (χ0) is 14.0. The topological polar surface area (TPSA) is 29.1 Å². The minimum atomic E-state index is -0.582. The van der Waals surface area contributed by atoms with Crippen molar-refractivity contribution < 1.29 is 9.18 Å². The van der Waals surface area contributed by atoms with Gasteiger partial charge in [-0.05, 0) is 36.4 Å². The molecule has 2 aromatic carbocycles. The van der Waals surface area contributed by atoms with Gasteiger partial charge in [0.15, 0.2) is 0 Å². The Bertz CT molecular complexity index is 651. The van der Waals surface area contributed by atoms with Crippen molar-refractivity contribution in [1.29, 1.82) is 0 Å². The fourth-order valence-electron chi connectivity index (χ4n) is 1.47. The van der Waals surface area contributed by atoms with Gasteiger partial charge in [0.1, 0.15) is 5.82 Å². The number of carbonyl (C=O) groups is 1. The second kappa shape index (κ2) is 5.94. The molecule has 0 heterocycles. The summed E-state index contributed by atoms with van der Waals surface area (Å²) < 4.78 is 14.1. The van der Waals surface area contributed by atoms with Gasteiger partial charge in [0, 0.05) is 15.1 Å². The summed E-state index contributed by atoms with van der Waals surface area (Å²) in [5, 5.41) is 2.60. The highest BCUT2D eigenvalue weighted by Crippen LogP contribution is 2.22. The lowest BCUT2D eigenvalue weighted by Gasteiger charge is -2.08. The van der Waals surface area contributed by atoms with Crippen LogP contribution in [0, 0.1) is 5.82 Å². The lowest BCUT2D eigenvalue weighted by molar-refractivity contribution is 0.102. The van der Waals surface area contributed by atoms with Crippen LogP contribution in [0.5, 0.6) is 0 Å². The van der Waals surface area contributed by atoms with Crippen LogP contribution in [0.15, 0.2) is 45.8 Å². The van der Waals surface area contributed by atoms with E-state index < -0.39 is 5.82 Å². The molecular formula is C13H8BrClFNOS. The van der Waals surface area contributed by atoms with E-state index in [0.29, 0.717) is 16.1 Å². The van der Waals surface area contributed by atoms with Crippen LogP contribution in [0.4, 0.5) is 10.1 Å². The molecule has 0 spiro atoms. The van der Waals surface area contributed by atoms with Gasteiger partial charge in [-0.25, -0.2) is 4.39 Å². The fraction of sp³-hybridized carbons (Fsp3) is 0. The first-order valence-corrected chi connectivity index (χ1v) is 6.84. The molecule has 0 unspecified atom stereocenters. The molecule has 0 aliphatic rings. The standard InChI is InChI=1S/C13H8BrClFNOS/c14-7-1-3-9(12(19)5-7)13(18)17-8-2-4-10(15)11(16)6-8/h1-6,19H,(H,17,18). The monoisotopic (exact) mass is 359 g/mol. The Balaban J connectivity index is 2.23. The second-order valence-electron chi connectivity index (χ2n) is 3.74. The van der Waals surface area contributed by atoms with Crippen LogP contribution in [0.25, 0.3) is 0 Å². The van der Waals surface area contributed by atoms with Gasteiger partial charge < -0.3 is 5.32 Å². The molecule has 2 nitrogen and oxygen atoms in total. The normalized spacial score (nSPS) is 10.3. The molecular weight excluding hydrogens is 353 g/mol. The third kappa shape index (κ3) is 3.49. The van der Waals surface area contributed by atoms with E-state index in [2.05, 4.69) is 33.9 Å². The summed E-state index contributed by atoms with van der Waals surface area (Å²) in [6.45, 7) is 0. The van der Waals surface area contributed by atoms with Crippen molar-refractivity contribution in [3.05, 3.63) is 57.3 Å². The van der Waals surface area contributed by atoms with Gasteiger partial charge in [-0.15, -0.1) is 12.6 Å². The average Bonchev–Trinajstić information content (AvgIpc) is 2.33. The van der Waals surface area contributed by atoms with E-state index in [9.17, 15) is 9.18 Å². The predicted octanol–water partition coefficient (Wildman–Crippen LogP) is 4.78. The summed E-state index contributed by atoms with van der Waals surface area (Å²) in [5.41, 5.74) is 0.740. The number of hydrogen-bond acceptors (Lipinski definition) is 2. The van der Waals surface area contributed by atoms with Gasteiger partial charge >= 0.3 is 0 Å². The van der Waals surface area contributed by atoms with Crippen molar-refractivity contribution in [2.24, 2.45) is 0 Å². The zero-order valence-electron chi connectivity index (χ0n) is 9.45. The number of amides is 1. The molecule has 2 aromatic rings. The van der Waals surface area contributed by atoms with Crippen LogP contribution >= 0.6 is 40.2 Å². The predicted molar refractivity (Wildman–Crippen MR) is 80.8 cm³/mol. The lowest BCUT2D eigenvalue weighted by Crippen LogP contribution is -2.12. The highest BCUT2D eigenvalue weighted by atomic mass is 79.9. The molecule has 0 saturated heterocycles. The van der Waals surface area contributed by atoms with Gasteiger partial charge in [0.25, 0.3) is 5.91 Å². The summed E-state index contributed by atoms with van der Waals surface area (Å²) in [4.78, 5) is 12.5. The van der Waals surface area contributed by atoms with Crippen LogP contribution in [0.2, 0.25) is 5.02 Å². The Morgan fingerprint density at radius 3 is 2.63 bits per heavy atom. The second-order valence-corrected chi connectivity index (χ2v) is 5.55. The molecule has 98 valence electrons. The molecule has 0 radical (unpaired) electrons. The summed E-state index contributed by atoms with van der Waals surface area (Å²) in [6.07, 6.45) is 0. The Labute approximate surface area is 128 Å². The van der Waals surface area contributed by atoms with Crippen molar-refractivity contribution in [2.75, 3.05) is 5.32 Å². The average molecular weight is 361 g/mol. The van der Waals surface area contributed by atoms with Crippen molar-refractivity contribution >= 4 is 51.8 Å². The molecule has 0 aliphatic carbocycles. The minimum absolute atomic E-state index is 0.0107. The first-order chi connectivity index (χ1) is 8.97. The van der Waals surface area contributed by atoms with Gasteiger partial charge in [0.2, 0.25) is 0 Å². The molecule has 0 aliphatic heterocycles. The number of nitrogens with one attached hydrogen (secondary N) is 1. The van der Waals surface area contributed by atoms with Crippen molar-refractivity contribution in [3.63, 3.8) is 0 Å². The number of rotatable bonds is 2. The van der Waals surface area contributed by atoms with Crippen LogP contribution < -0.4 is 5.32 Å². The van der Waals surface area contributed by atoms with Crippen LogP contribution in [-0.2, 0) is 0 Å². The van der Waals surface area contributed by atoms with Gasteiger partial charge in [0.05, 0.1) is 10.6 Å². The molecule has 6 heteroatoms. The Hall–Kier alpha value is -1.04. The maximum atomic E-state index is 13.3. The third-order valence-electron chi connectivity index (χ3n) is 2.38. The van der Waals surface area contributed by atoms with Gasteiger partial charge in [-0.2, -0.15) is 0 Å². The highest BCUT2D eigenvalue weighted by Gasteiger charge is 2.11. The molecule has 1 N–H and O–H groups in total. The number of benzene rings is 2. The van der Waals surface area contributed by atoms with Gasteiger partial charge in [-0.3, -0.25) is 4.79 Å². The number of carbonyl (C=O) groups excluding carboxylic acids is 1. The minimum Gasteiger partial charge on any atom is -0.322 e.